The van der Waals surface area contributed by atoms with Crippen molar-refractivity contribution in [1.29, 1.82) is 0 Å². The first-order valence-electron chi connectivity index (χ1n) is 11.7. The lowest BCUT2D eigenvalue weighted by Gasteiger charge is -2.25. The molecule has 2 heterocycles. The molecule has 170 valence electrons. The normalized spacial score (nSPS) is 20.2. The number of hydrogen-bond donors (Lipinski definition) is 0. The molecule has 0 amide bonds. The molecule has 0 spiro atoms. The lowest BCUT2D eigenvalue weighted by atomic mass is 9.84. The highest BCUT2D eigenvalue weighted by atomic mass is 16.6. The topological polar surface area (TPSA) is 77.7 Å². The molecule has 1 saturated heterocycles. The summed E-state index contributed by atoms with van der Waals surface area (Å²) in [4.78, 5) is 19.4. The van der Waals surface area contributed by atoms with Crippen molar-refractivity contribution >= 4 is 5.97 Å². The lowest BCUT2D eigenvalue weighted by molar-refractivity contribution is -0.155. The van der Waals surface area contributed by atoms with Crippen LogP contribution in [0.4, 0.5) is 0 Å². The lowest BCUT2D eigenvalue weighted by Crippen LogP contribution is -2.35. The third-order valence-corrected chi connectivity index (χ3v) is 6.02. The fourth-order valence-corrected chi connectivity index (χ4v) is 4.48. The number of carbonyl (C=O) groups is 1. The molecule has 0 bridgehead atoms. The Morgan fingerprint density at radius 3 is 2.63 bits per heavy atom. The van der Waals surface area contributed by atoms with Crippen LogP contribution >= 0.6 is 0 Å². The highest BCUT2D eigenvalue weighted by molar-refractivity contribution is 5.70. The summed E-state index contributed by atoms with van der Waals surface area (Å²) >= 11 is 0. The Kier molecular flexibility index (Phi) is 8.69. The van der Waals surface area contributed by atoms with Crippen molar-refractivity contribution in [2.24, 2.45) is 5.92 Å². The average Bonchev–Trinajstić information content (AvgIpc) is 3.16. The van der Waals surface area contributed by atoms with Crippen molar-refractivity contribution in [2.75, 3.05) is 26.3 Å². The molecule has 7 heteroatoms. The highest BCUT2D eigenvalue weighted by Crippen LogP contribution is 2.31. The van der Waals surface area contributed by atoms with Gasteiger partial charge in [-0.05, 0) is 33.1 Å². The Morgan fingerprint density at radius 2 is 1.93 bits per heavy atom. The monoisotopic (exact) mass is 421 g/mol. The zero-order valence-corrected chi connectivity index (χ0v) is 19.0. The van der Waals surface area contributed by atoms with Crippen LogP contribution in [0, 0.1) is 5.92 Å². The molecular weight excluding hydrogens is 382 g/mol. The van der Waals surface area contributed by atoms with Crippen LogP contribution in [0.25, 0.3) is 0 Å². The average molecular weight is 422 g/mol. The summed E-state index contributed by atoms with van der Waals surface area (Å²) in [5.41, 5.74) is -0.486. The fourth-order valence-electron chi connectivity index (χ4n) is 4.48. The van der Waals surface area contributed by atoms with Gasteiger partial charge in [-0.25, -0.2) is 0 Å². The molecule has 2 fully saturated rings. The summed E-state index contributed by atoms with van der Waals surface area (Å²) in [6.07, 6.45) is 10.3. The van der Waals surface area contributed by atoms with Gasteiger partial charge in [-0.15, -0.1) is 0 Å². The minimum atomic E-state index is -0.486. The molecule has 1 saturated carbocycles. The largest absolute Gasteiger partial charge is 0.460 e. The molecule has 0 N–H and O–H groups in total. The number of nitrogens with zero attached hydrogens (tertiary/aromatic N) is 3. The molecule has 1 atom stereocenters. The molecule has 1 aromatic rings. The number of carbonyl (C=O) groups excluding carboxylic acids is 1. The summed E-state index contributed by atoms with van der Waals surface area (Å²) in [7, 11) is 0. The Balaban J connectivity index is 1.58. The molecule has 1 aliphatic carbocycles. The molecule has 1 unspecified atom stereocenters. The van der Waals surface area contributed by atoms with Crippen LogP contribution in [0.15, 0.2) is 4.52 Å². The third kappa shape index (κ3) is 7.99. The van der Waals surface area contributed by atoms with Gasteiger partial charge >= 0.3 is 5.97 Å². The van der Waals surface area contributed by atoms with Crippen LogP contribution in [-0.4, -0.2) is 52.9 Å². The van der Waals surface area contributed by atoms with E-state index in [1.54, 1.807) is 0 Å². The Hall–Kier alpha value is -1.47. The van der Waals surface area contributed by atoms with Gasteiger partial charge in [-0.3, -0.25) is 9.69 Å². The van der Waals surface area contributed by atoms with E-state index in [-0.39, 0.29) is 11.9 Å². The van der Waals surface area contributed by atoms with E-state index >= 15 is 0 Å². The van der Waals surface area contributed by atoms with E-state index in [2.05, 4.69) is 15.0 Å². The van der Waals surface area contributed by atoms with Crippen molar-refractivity contribution < 1.29 is 18.8 Å². The number of hydrogen-bond acceptors (Lipinski definition) is 7. The van der Waals surface area contributed by atoms with Crippen molar-refractivity contribution in [3.63, 3.8) is 0 Å². The zero-order chi connectivity index (χ0) is 21.4. The molecule has 30 heavy (non-hydrogen) atoms. The first-order valence-corrected chi connectivity index (χ1v) is 11.7. The summed E-state index contributed by atoms with van der Waals surface area (Å²) < 4.78 is 16.6. The first kappa shape index (κ1) is 23.2. The van der Waals surface area contributed by atoms with Crippen molar-refractivity contribution in [1.82, 2.24) is 15.0 Å². The summed E-state index contributed by atoms with van der Waals surface area (Å²) in [5, 5.41) is 4.19. The maximum atomic E-state index is 12.5. The molecule has 7 nitrogen and oxygen atoms in total. The van der Waals surface area contributed by atoms with Gasteiger partial charge in [0.2, 0.25) is 5.89 Å². The minimum Gasteiger partial charge on any atom is -0.460 e. The van der Waals surface area contributed by atoms with Crippen LogP contribution in [0.2, 0.25) is 0 Å². The first-order chi connectivity index (χ1) is 14.4. The quantitative estimate of drug-likeness (QED) is 0.544. The van der Waals surface area contributed by atoms with Gasteiger partial charge in [0.25, 0.3) is 0 Å². The minimum absolute atomic E-state index is 0.0746. The maximum Gasteiger partial charge on any atom is 0.307 e. The van der Waals surface area contributed by atoms with E-state index in [4.69, 9.17) is 14.0 Å². The van der Waals surface area contributed by atoms with Crippen LogP contribution in [0.1, 0.15) is 96.2 Å². The summed E-state index contributed by atoms with van der Waals surface area (Å²) in [5.74, 6) is 1.83. The van der Waals surface area contributed by atoms with Crippen molar-refractivity contribution in [3.8, 4) is 0 Å². The van der Waals surface area contributed by atoms with Gasteiger partial charge in [-0.1, -0.05) is 50.1 Å². The second-order valence-corrected chi connectivity index (χ2v) is 9.86. The predicted molar refractivity (Wildman–Crippen MR) is 114 cm³/mol. The summed E-state index contributed by atoms with van der Waals surface area (Å²) in [6.45, 7) is 9.61. The van der Waals surface area contributed by atoms with E-state index in [0.29, 0.717) is 24.7 Å². The van der Waals surface area contributed by atoms with Crippen molar-refractivity contribution in [3.05, 3.63) is 11.7 Å². The summed E-state index contributed by atoms with van der Waals surface area (Å²) in [6, 6.07) is 0. The van der Waals surface area contributed by atoms with Gasteiger partial charge in [0.05, 0.1) is 26.2 Å². The Bertz CT molecular complexity index is 643. The van der Waals surface area contributed by atoms with Gasteiger partial charge in [0.15, 0.2) is 5.82 Å². The van der Waals surface area contributed by atoms with E-state index in [0.717, 1.165) is 45.1 Å². The molecule has 1 aromatic heterocycles. The molecular formula is C23H39N3O4. The van der Waals surface area contributed by atoms with E-state index < -0.39 is 5.60 Å². The third-order valence-electron chi connectivity index (χ3n) is 6.02. The van der Waals surface area contributed by atoms with E-state index in [1.165, 1.54) is 38.5 Å². The zero-order valence-electron chi connectivity index (χ0n) is 19.0. The number of ether oxygens (including phenoxy) is 2. The SMILES string of the molecule is CC(C)(C)OC(=O)CC(CCCC1CCCCC1)c1nc(CN2CCOCC2)no1. The Labute approximate surface area is 180 Å². The van der Waals surface area contributed by atoms with Gasteiger partial charge in [0.1, 0.15) is 5.60 Å². The second-order valence-electron chi connectivity index (χ2n) is 9.86. The number of esters is 1. The van der Waals surface area contributed by atoms with Crippen LogP contribution in [0.3, 0.4) is 0 Å². The molecule has 0 aromatic carbocycles. The molecule has 2 aliphatic rings. The second kappa shape index (κ2) is 11.2. The smallest absolute Gasteiger partial charge is 0.307 e. The van der Waals surface area contributed by atoms with Gasteiger partial charge in [0, 0.05) is 19.0 Å². The highest BCUT2D eigenvalue weighted by Gasteiger charge is 2.26. The molecule has 1 aliphatic heterocycles. The van der Waals surface area contributed by atoms with E-state index in [9.17, 15) is 4.79 Å². The number of aromatic nitrogens is 2. The standard InChI is InChI=1S/C23H39N3O4/c1-23(2,3)29-21(27)16-19(11-7-10-18-8-5-4-6-9-18)22-24-20(25-30-22)17-26-12-14-28-15-13-26/h18-19H,4-17H2,1-3H3. The fraction of sp³-hybridized carbons (Fsp3) is 0.870. The maximum absolute atomic E-state index is 12.5. The van der Waals surface area contributed by atoms with E-state index in [1.807, 2.05) is 20.8 Å². The number of rotatable bonds is 9. The van der Waals surface area contributed by atoms with Crippen LogP contribution in [-0.2, 0) is 20.8 Å². The van der Waals surface area contributed by atoms with Crippen molar-refractivity contribution in [2.45, 2.75) is 96.6 Å². The number of morpholine rings is 1. The molecule has 3 rings (SSSR count). The van der Waals surface area contributed by atoms with Crippen LogP contribution < -0.4 is 0 Å². The van der Waals surface area contributed by atoms with Crippen LogP contribution in [0.5, 0.6) is 0 Å². The Morgan fingerprint density at radius 1 is 1.20 bits per heavy atom. The van der Waals surface area contributed by atoms with Gasteiger partial charge < -0.3 is 14.0 Å². The molecule has 0 radical (unpaired) electrons. The van der Waals surface area contributed by atoms with Gasteiger partial charge in [-0.2, -0.15) is 4.98 Å². The predicted octanol–water partition coefficient (Wildman–Crippen LogP) is 4.47.